The van der Waals surface area contributed by atoms with Crippen molar-refractivity contribution in [2.24, 2.45) is 0 Å². The average molecular weight is 707 g/mol. The number of pyridine rings is 1. The standard InChI is InChI=1S/C34H34N4O9S2/c1-24-13-15-25(16-14-24)49(46,47)38(21-6-12-30(39)35-19-22-37-31(40)17-18-32(37)41)34(42)33-26-8-2-4-10-28(26)36(20-7-23-48(43,44)45)29-11-5-3-9-27(29)33/h2-5,8-11,13-18H,6-7,12,19-23H2,1H3,(H-,35,39,43,44,45). The molecule has 5 rings (SSSR count). The molecule has 0 aliphatic carbocycles. The van der Waals surface area contributed by atoms with Gasteiger partial charge in [-0.05, 0) is 37.6 Å². The number of imide groups is 1. The number of aryl methyl sites for hydroxylation is 2. The van der Waals surface area contributed by atoms with Crippen LogP contribution in [-0.4, -0.2) is 79.6 Å². The van der Waals surface area contributed by atoms with E-state index in [0.29, 0.717) is 21.8 Å². The highest BCUT2D eigenvalue weighted by Crippen LogP contribution is 2.29. The molecule has 1 aliphatic heterocycles. The highest BCUT2D eigenvalue weighted by Gasteiger charge is 2.34. The molecule has 49 heavy (non-hydrogen) atoms. The second-order valence-electron chi connectivity index (χ2n) is 11.5. The molecule has 0 radical (unpaired) electrons. The van der Waals surface area contributed by atoms with Gasteiger partial charge in [0, 0.05) is 62.5 Å². The van der Waals surface area contributed by atoms with Crippen LogP contribution in [0.4, 0.5) is 0 Å². The zero-order valence-corrected chi connectivity index (χ0v) is 28.2. The van der Waals surface area contributed by atoms with E-state index in [-0.39, 0.29) is 55.9 Å². The minimum absolute atomic E-state index is 0.00500. The Balaban J connectivity index is 1.47. The van der Waals surface area contributed by atoms with E-state index >= 15 is 0 Å². The van der Waals surface area contributed by atoms with E-state index in [9.17, 15) is 40.6 Å². The molecule has 256 valence electrons. The van der Waals surface area contributed by atoms with Crippen LogP contribution in [0.1, 0.15) is 35.2 Å². The fourth-order valence-electron chi connectivity index (χ4n) is 5.71. The second-order valence-corrected chi connectivity index (χ2v) is 14.9. The number of carbonyl (C=O) groups excluding carboxylic acids is 4. The number of fused-ring (bicyclic) bond motifs is 2. The molecule has 0 fully saturated rings. The van der Waals surface area contributed by atoms with Gasteiger partial charge in [0.1, 0.15) is 0 Å². The van der Waals surface area contributed by atoms with Crippen molar-refractivity contribution in [2.75, 3.05) is 25.4 Å². The third-order valence-electron chi connectivity index (χ3n) is 8.08. The van der Waals surface area contributed by atoms with Crippen LogP contribution in [0.3, 0.4) is 0 Å². The van der Waals surface area contributed by atoms with Gasteiger partial charge < -0.3 is 9.87 Å². The largest absolute Gasteiger partial charge is 0.748 e. The van der Waals surface area contributed by atoms with E-state index in [0.717, 1.165) is 26.9 Å². The van der Waals surface area contributed by atoms with Crippen LogP contribution < -0.4 is 9.88 Å². The molecule has 4 aromatic rings. The van der Waals surface area contributed by atoms with Gasteiger partial charge in [0.05, 0.1) is 31.3 Å². The first-order valence-corrected chi connectivity index (χ1v) is 18.5. The van der Waals surface area contributed by atoms with Gasteiger partial charge in [-0.1, -0.05) is 42.0 Å². The summed E-state index contributed by atoms with van der Waals surface area (Å²) in [6, 6.07) is 19.7. The number of hydrogen-bond acceptors (Lipinski definition) is 9. The van der Waals surface area contributed by atoms with Gasteiger partial charge in [-0.15, -0.1) is 0 Å². The third kappa shape index (κ3) is 8.01. The molecule has 0 atom stereocenters. The zero-order chi connectivity index (χ0) is 35.3. The molecular weight excluding hydrogens is 673 g/mol. The Hall–Kier alpha value is -4.99. The van der Waals surface area contributed by atoms with Crippen LogP contribution in [0, 0.1) is 6.92 Å². The minimum atomic E-state index is -4.46. The summed E-state index contributed by atoms with van der Waals surface area (Å²) < 4.78 is 64.8. The number of nitrogens with zero attached hydrogens (tertiary/aromatic N) is 3. The van der Waals surface area contributed by atoms with E-state index in [4.69, 9.17) is 0 Å². The molecule has 2 heterocycles. The molecule has 0 unspecified atom stereocenters. The lowest BCUT2D eigenvalue weighted by Gasteiger charge is -2.24. The quantitative estimate of drug-likeness (QED) is 0.0890. The molecule has 0 saturated carbocycles. The first-order chi connectivity index (χ1) is 23.3. The van der Waals surface area contributed by atoms with Gasteiger partial charge in [-0.25, -0.2) is 21.1 Å². The number of benzene rings is 3. The summed E-state index contributed by atoms with van der Waals surface area (Å²) in [7, 11) is -8.88. The van der Waals surface area contributed by atoms with E-state index in [2.05, 4.69) is 5.32 Å². The Bertz CT molecular complexity index is 2130. The highest BCUT2D eigenvalue weighted by atomic mass is 32.2. The smallest absolute Gasteiger partial charge is 0.269 e. The van der Waals surface area contributed by atoms with Gasteiger partial charge in [0.2, 0.25) is 16.9 Å². The number of para-hydroxylation sites is 2. The summed E-state index contributed by atoms with van der Waals surface area (Å²) in [6.07, 6.45) is 2.13. The molecule has 15 heteroatoms. The van der Waals surface area contributed by atoms with Crippen molar-refractivity contribution in [3.63, 3.8) is 0 Å². The van der Waals surface area contributed by atoms with Crippen molar-refractivity contribution in [1.29, 1.82) is 0 Å². The van der Waals surface area contributed by atoms with Crippen molar-refractivity contribution < 1.29 is 45.1 Å². The van der Waals surface area contributed by atoms with E-state index in [1.807, 2.05) is 0 Å². The van der Waals surface area contributed by atoms with Crippen molar-refractivity contribution >= 4 is 65.6 Å². The van der Waals surface area contributed by atoms with Crippen molar-refractivity contribution in [3.8, 4) is 0 Å². The SMILES string of the molecule is Cc1ccc(S(=O)(=O)N(CCCC(=O)NCCN2C(=O)C=CC2=O)C(=O)c2c3ccccc3[n+](CCCS(=O)(=O)[O-])c3ccccc23)cc1. The van der Waals surface area contributed by atoms with Gasteiger partial charge in [-0.2, -0.15) is 4.57 Å². The molecule has 4 amide bonds. The first kappa shape index (κ1) is 35.3. The summed E-state index contributed by atoms with van der Waals surface area (Å²) in [6.45, 7) is 1.59. The van der Waals surface area contributed by atoms with Gasteiger partial charge in [0.15, 0.2) is 6.54 Å². The molecule has 1 aromatic heterocycles. The fraction of sp³-hybridized carbons (Fsp3) is 0.265. The monoisotopic (exact) mass is 706 g/mol. The summed E-state index contributed by atoms with van der Waals surface area (Å²) in [4.78, 5) is 51.7. The van der Waals surface area contributed by atoms with Crippen LogP contribution in [-0.2, 0) is 41.1 Å². The number of rotatable bonds is 14. The van der Waals surface area contributed by atoms with E-state index in [1.165, 1.54) is 12.1 Å². The van der Waals surface area contributed by atoms with Gasteiger partial charge in [0.25, 0.3) is 27.7 Å². The summed E-state index contributed by atoms with van der Waals surface area (Å²) in [5.41, 5.74) is 1.98. The maximum atomic E-state index is 14.6. The number of aromatic nitrogens is 1. The maximum Gasteiger partial charge on any atom is 0.269 e. The predicted octanol–water partition coefficient (Wildman–Crippen LogP) is 2.18. The predicted molar refractivity (Wildman–Crippen MR) is 178 cm³/mol. The molecule has 3 aromatic carbocycles. The Kier molecular flexibility index (Phi) is 10.6. The minimum Gasteiger partial charge on any atom is -0.748 e. The van der Waals surface area contributed by atoms with Crippen LogP contribution in [0.2, 0.25) is 0 Å². The molecule has 0 spiro atoms. The van der Waals surface area contributed by atoms with Crippen LogP contribution in [0.25, 0.3) is 21.8 Å². The number of amides is 4. The topological polar surface area (TPSA) is 182 Å². The number of nitrogens with one attached hydrogen (secondary N) is 1. The normalized spacial score (nSPS) is 13.4. The van der Waals surface area contributed by atoms with Crippen molar-refractivity contribution in [1.82, 2.24) is 14.5 Å². The van der Waals surface area contributed by atoms with Crippen LogP contribution >= 0.6 is 0 Å². The molecule has 0 bridgehead atoms. The lowest BCUT2D eigenvalue weighted by atomic mass is 10.0. The van der Waals surface area contributed by atoms with E-state index in [1.54, 1.807) is 72.2 Å². The second kappa shape index (κ2) is 14.6. The molecule has 1 aliphatic rings. The number of carbonyl (C=O) groups is 4. The Morgan fingerprint density at radius 2 is 1.41 bits per heavy atom. The average Bonchev–Trinajstić information content (AvgIpc) is 3.38. The lowest BCUT2D eigenvalue weighted by molar-refractivity contribution is -0.645. The third-order valence-corrected chi connectivity index (χ3v) is 10.7. The Labute approximate surface area is 283 Å². The van der Waals surface area contributed by atoms with Gasteiger partial charge in [-0.3, -0.25) is 24.1 Å². The Morgan fingerprint density at radius 1 is 0.837 bits per heavy atom. The highest BCUT2D eigenvalue weighted by molar-refractivity contribution is 7.89. The molecule has 13 nitrogen and oxygen atoms in total. The maximum absolute atomic E-state index is 14.6. The summed E-state index contributed by atoms with van der Waals surface area (Å²) >= 11 is 0. The van der Waals surface area contributed by atoms with Gasteiger partial charge >= 0.3 is 0 Å². The van der Waals surface area contributed by atoms with Crippen LogP contribution in [0.15, 0.2) is 89.8 Å². The molecule has 0 saturated heterocycles. The lowest BCUT2D eigenvalue weighted by Crippen LogP contribution is -2.41. The molecular formula is C34H34N4O9S2. The summed E-state index contributed by atoms with van der Waals surface area (Å²) in [5.74, 6) is -2.80. The van der Waals surface area contributed by atoms with Crippen LogP contribution in [0.5, 0.6) is 0 Å². The van der Waals surface area contributed by atoms with Crippen molar-refractivity contribution in [2.45, 2.75) is 37.6 Å². The van der Waals surface area contributed by atoms with E-state index < -0.39 is 49.5 Å². The number of hydrogen-bond donors (Lipinski definition) is 1. The van der Waals surface area contributed by atoms with Crippen molar-refractivity contribution in [3.05, 3.63) is 96.1 Å². The number of sulfonamides is 1. The molecule has 1 N–H and O–H groups in total. The first-order valence-electron chi connectivity index (χ1n) is 15.5. The zero-order valence-electron chi connectivity index (χ0n) is 26.6. The fourth-order valence-corrected chi connectivity index (χ4v) is 7.61. The Morgan fingerprint density at radius 3 is 1.98 bits per heavy atom. The summed E-state index contributed by atoms with van der Waals surface area (Å²) in [5, 5.41) is 3.45.